The zero-order valence-corrected chi connectivity index (χ0v) is 14.7. The zero-order chi connectivity index (χ0) is 17.2. The van der Waals surface area contributed by atoms with E-state index >= 15 is 0 Å². The quantitative estimate of drug-likeness (QED) is 0.799. The Hall–Kier alpha value is -2.34. The summed E-state index contributed by atoms with van der Waals surface area (Å²) in [6.07, 6.45) is 0. The molecule has 1 aliphatic rings. The van der Waals surface area contributed by atoms with Gasteiger partial charge in [0, 0.05) is 4.47 Å². The molecule has 1 aliphatic heterocycles. The number of carbonyl (C=O) groups is 2. The molecule has 1 heterocycles. The topological polar surface area (TPSA) is 58.6 Å². The number of nitrogens with zero attached hydrogens (tertiary/aromatic N) is 1. The molecule has 0 unspecified atom stereocenters. The maximum atomic E-state index is 12.7. The fourth-order valence-corrected chi connectivity index (χ4v) is 2.92. The van der Waals surface area contributed by atoms with Gasteiger partial charge in [-0.05, 0) is 36.8 Å². The van der Waals surface area contributed by atoms with Crippen molar-refractivity contribution in [3.8, 4) is 5.75 Å². The number of benzene rings is 2. The van der Waals surface area contributed by atoms with Crippen molar-refractivity contribution in [1.82, 2.24) is 10.2 Å². The van der Waals surface area contributed by atoms with Gasteiger partial charge in [-0.2, -0.15) is 0 Å². The molecule has 2 aromatic carbocycles. The number of amides is 3. The molecule has 0 bridgehead atoms. The van der Waals surface area contributed by atoms with Crippen molar-refractivity contribution < 1.29 is 14.3 Å². The first-order valence-electron chi connectivity index (χ1n) is 7.59. The Morgan fingerprint density at radius 3 is 2.42 bits per heavy atom. The van der Waals surface area contributed by atoms with Crippen molar-refractivity contribution in [2.45, 2.75) is 12.5 Å². The van der Waals surface area contributed by atoms with E-state index in [1.54, 1.807) is 6.92 Å². The summed E-state index contributed by atoms with van der Waals surface area (Å²) in [7, 11) is 0. The van der Waals surface area contributed by atoms with Crippen LogP contribution in [0.3, 0.4) is 0 Å². The number of rotatable bonds is 5. The second-order valence-corrected chi connectivity index (χ2v) is 6.60. The number of nitrogens with one attached hydrogen (secondary N) is 1. The highest BCUT2D eigenvalue weighted by Gasteiger charge is 2.48. The Morgan fingerprint density at radius 1 is 1.08 bits per heavy atom. The molecule has 2 aromatic rings. The molecule has 24 heavy (non-hydrogen) atoms. The molecule has 0 aliphatic carbocycles. The predicted molar refractivity (Wildman–Crippen MR) is 93.7 cm³/mol. The van der Waals surface area contributed by atoms with Crippen LogP contribution in [-0.4, -0.2) is 30.0 Å². The third-order valence-corrected chi connectivity index (χ3v) is 4.55. The fraction of sp³-hybridized carbons (Fsp3) is 0.222. The zero-order valence-electron chi connectivity index (χ0n) is 13.2. The van der Waals surface area contributed by atoms with Crippen molar-refractivity contribution >= 4 is 27.9 Å². The average Bonchev–Trinajstić information content (AvgIpc) is 2.81. The molecule has 124 valence electrons. The minimum Gasteiger partial charge on any atom is -0.492 e. The van der Waals surface area contributed by atoms with E-state index in [4.69, 9.17) is 4.74 Å². The Labute approximate surface area is 148 Å². The molecule has 0 radical (unpaired) electrons. The van der Waals surface area contributed by atoms with Gasteiger partial charge in [-0.25, -0.2) is 4.79 Å². The van der Waals surface area contributed by atoms with Crippen molar-refractivity contribution in [3.05, 3.63) is 64.6 Å². The second-order valence-electron chi connectivity index (χ2n) is 5.68. The summed E-state index contributed by atoms with van der Waals surface area (Å²) in [5.74, 6) is 0.425. The van der Waals surface area contributed by atoms with Crippen LogP contribution in [0.15, 0.2) is 59.1 Å². The van der Waals surface area contributed by atoms with E-state index in [0.29, 0.717) is 5.75 Å². The third kappa shape index (κ3) is 3.14. The van der Waals surface area contributed by atoms with E-state index in [0.717, 1.165) is 10.0 Å². The molecular weight excluding hydrogens is 372 g/mol. The lowest BCUT2D eigenvalue weighted by Gasteiger charge is -2.22. The Kier molecular flexibility index (Phi) is 4.57. The maximum absolute atomic E-state index is 12.7. The van der Waals surface area contributed by atoms with Gasteiger partial charge in [-0.3, -0.25) is 9.69 Å². The van der Waals surface area contributed by atoms with Gasteiger partial charge >= 0.3 is 6.03 Å². The Balaban J connectivity index is 1.65. The molecule has 3 amide bonds. The monoisotopic (exact) mass is 388 g/mol. The van der Waals surface area contributed by atoms with Gasteiger partial charge in [0.05, 0.1) is 6.54 Å². The first-order valence-corrected chi connectivity index (χ1v) is 8.38. The van der Waals surface area contributed by atoms with Crippen LogP contribution in [0.2, 0.25) is 0 Å². The normalized spacial score (nSPS) is 20.2. The van der Waals surface area contributed by atoms with Crippen LogP contribution in [0.25, 0.3) is 0 Å². The lowest BCUT2D eigenvalue weighted by Crippen LogP contribution is -2.41. The van der Waals surface area contributed by atoms with Crippen molar-refractivity contribution in [1.29, 1.82) is 0 Å². The molecule has 0 aromatic heterocycles. The largest absolute Gasteiger partial charge is 0.492 e. The standard InChI is InChI=1S/C18H17BrN2O3/c1-18(13-5-3-2-4-6-13)16(22)21(17(23)20-18)11-12-24-15-9-7-14(19)8-10-15/h2-10H,11-12H2,1H3,(H,20,23)/t18-/m1/s1. The molecule has 5 nitrogen and oxygen atoms in total. The van der Waals surface area contributed by atoms with E-state index < -0.39 is 11.6 Å². The van der Waals surface area contributed by atoms with Crippen LogP contribution in [0, 0.1) is 0 Å². The lowest BCUT2D eigenvalue weighted by atomic mass is 9.92. The number of ether oxygens (including phenoxy) is 1. The van der Waals surface area contributed by atoms with Crippen molar-refractivity contribution in [2.75, 3.05) is 13.2 Å². The summed E-state index contributed by atoms with van der Waals surface area (Å²) >= 11 is 3.36. The molecule has 1 fully saturated rings. The predicted octanol–water partition coefficient (Wildman–Crippen LogP) is 3.30. The summed E-state index contributed by atoms with van der Waals surface area (Å²) in [4.78, 5) is 26.1. The van der Waals surface area contributed by atoms with Crippen molar-refractivity contribution in [2.24, 2.45) is 0 Å². The number of carbonyl (C=O) groups excluding carboxylic acids is 2. The average molecular weight is 389 g/mol. The summed E-state index contributed by atoms with van der Waals surface area (Å²) in [5.41, 5.74) is -0.268. The van der Waals surface area contributed by atoms with Crippen LogP contribution in [0.1, 0.15) is 12.5 Å². The van der Waals surface area contributed by atoms with Crippen molar-refractivity contribution in [3.63, 3.8) is 0 Å². The van der Waals surface area contributed by atoms with Gasteiger partial charge in [0.2, 0.25) is 0 Å². The van der Waals surface area contributed by atoms with E-state index in [1.165, 1.54) is 4.90 Å². The van der Waals surface area contributed by atoms with Crippen LogP contribution >= 0.6 is 15.9 Å². The SMILES string of the molecule is C[C@]1(c2ccccc2)NC(=O)N(CCOc2ccc(Br)cc2)C1=O. The highest BCUT2D eigenvalue weighted by atomic mass is 79.9. The number of hydrogen-bond acceptors (Lipinski definition) is 3. The van der Waals surface area contributed by atoms with Crippen LogP contribution < -0.4 is 10.1 Å². The van der Waals surface area contributed by atoms with Gasteiger partial charge in [0.15, 0.2) is 0 Å². The number of urea groups is 1. The molecule has 1 N–H and O–H groups in total. The van der Waals surface area contributed by atoms with Gasteiger partial charge in [0.1, 0.15) is 17.9 Å². The fourth-order valence-electron chi connectivity index (χ4n) is 2.65. The first-order chi connectivity index (χ1) is 11.5. The van der Waals surface area contributed by atoms with Gasteiger partial charge in [-0.15, -0.1) is 0 Å². The van der Waals surface area contributed by atoms with Gasteiger partial charge < -0.3 is 10.1 Å². The molecule has 0 spiro atoms. The number of halogens is 1. The van der Waals surface area contributed by atoms with Crippen LogP contribution in [0.4, 0.5) is 4.79 Å². The number of imide groups is 1. The van der Waals surface area contributed by atoms with E-state index in [9.17, 15) is 9.59 Å². The smallest absolute Gasteiger partial charge is 0.325 e. The van der Waals surface area contributed by atoms with Gasteiger partial charge in [-0.1, -0.05) is 46.3 Å². The van der Waals surface area contributed by atoms with E-state index in [-0.39, 0.29) is 19.1 Å². The molecular formula is C18H17BrN2O3. The third-order valence-electron chi connectivity index (χ3n) is 4.02. The highest BCUT2D eigenvalue weighted by molar-refractivity contribution is 9.10. The van der Waals surface area contributed by atoms with Crippen LogP contribution in [-0.2, 0) is 10.3 Å². The molecule has 3 rings (SSSR count). The summed E-state index contributed by atoms with van der Waals surface area (Å²) in [6, 6.07) is 16.2. The highest BCUT2D eigenvalue weighted by Crippen LogP contribution is 2.28. The number of hydrogen-bond donors (Lipinski definition) is 1. The summed E-state index contributed by atoms with van der Waals surface area (Å²) < 4.78 is 6.56. The summed E-state index contributed by atoms with van der Waals surface area (Å²) in [5, 5.41) is 2.78. The lowest BCUT2D eigenvalue weighted by molar-refractivity contribution is -0.131. The van der Waals surface area contributed by atoms with E-state index in [1.807, 2.05) is 54.6 Å². The molecule has 1 atom stereocenters. The van der Waals surface area contributed by atoms with E-state index in [2.05, 4.69) is 21.2 Å². The summed E-state index contributed by atoms with van der Waals surface area (Å²) in [6.45, 7) is 2.16. The minimum absolute atomic E-state index is 0.198. The van der Waals surface area contributed by atoms with Gasteiger partial charge in [0.25, 0.3) is 5.91 Å². The molecule has 6 heteroatoms. The molecule has 1 saturated heterocycles. The maximum Gasteiger partial charge on any atom is 0.325 e. The van der Waals surface area contributed by atoms with Crippen LogP contribution in [0.5, 0.6) is 5.75 Å². The first kappa shape index (κ1) is 16.5. The Morgan fingerprint density at radius 2 is 1.75 bits per heavy atom. The minimum atomic E-state index is -1.03. The molecule has 0 saturated carbocycles. The second kappa shape index (κ2) is 6.65. The Bertz CT molecular complexity index is 749.